The van der Waals surface area contributed by atoms with Gasteiger partial charge in [-0.1, -0.05) is 18.2 Å². The van der Waals surface area contributed by atoms with Gasteiger partial charge in [0.15, 0.2) is 0 Å². The average molecular weight is 329 g/mol. The highest BCUT2D eigenvalue weighted by Gasteiger charge is 2.27. The van der Waals surface area contributed by atoms with Gasteiger partial charge in [-0.05, 0) is 25.0 Å². The molecule has 1 saturated heterocycles. The molecule has 1 aliphatic heterocycles. The lowest BCUT2D eigenvalue weighted by atomic mass is 9.97. The molecule has 2 aromatic rings. The topological polar surface area (TPSA) is 102 Å². The zero-order valence-corrected chi connectivity index (χ0v) is 13.1. The van der Waals surface area contributed by atoms with Crippen molar-refractivity contribution in [1.29, 1.82) is 0 Å². The molecular formula is C17H19N3O4. The van der Waals surface area contributed by atoms with E-state index in [4.69, 9.17) is 5.11 Å². The fourth-order valence-corrected chi connectivity index (χ4v) is 2.93. The van der Waals surface area contributed by atoms with E-state index in [0.717, 1.165) is 10.9 Å². The van der Waals surface area contributed by atoms with E-state index < -0.39 is 5.97 Å². The quantitative estimate of drug-likeness (QED) is 0.785. The van der Waals surface area contributed by atoms with Crippen LogP contribution in [0.2, 0.25) is 0 Å². The van der Waals surface area contributed by atoms with E-state index in [1.54, 1.807) is 11.0 Å². The highest BCUT2D eigenvalue weighted by molar-refractivity contribution is 5.99. The minimum absolute atomic E-state index is 0.0913. The SMILES string of the molecule is O=C(NCC(=O)N1CCC(C(=O)O)CC1)c1cc2ccccc2[nH]1. The molecule has 24 heavy (non-hydrogen) atoms. The van der Waals surface area contributed by atoms with Crippen LogP contribution in [0.4, 0.5) is 0 Å². The molecule has 0 atom stereocenters. The Morgan fingerprint density at radius 3 is 2.58 bits per heavy atom. The minimum Gasteiger partial charge on any atom is -0.481 e. The Bertz CT molecular complexity index is 742. The van der Waals surface area contributed by atoms with E-state index in [9.17, 15) is 14.4 Å². The monoisotopic (exact) mass is 329 g/mol. The molecule has 0 radical (unpaired) electrons. The average Bonchev–Trinajstić information content (AvgIpc) is 3.03. The first-order valence-electron chi connectivity index (χ1n) is 7.91. The van der Waals surface area contributed by atoms with Gasteiger partial charge < -0.3 is 20.3 Å². The van der Waals surface area contributed by atoms with Gasteiger partial charge in [0.1, 0.15) is 5.69 Å². The maximum Gasteiger partial charge on any atom is 0.306 e. The lowest BCUT2D eigenvalue weighted by molar-refractivity contribution is -0.145. The summed E-state index contributed by atoms with van der Waals surface area (Å²) in [6, 6.07) is 9.30. The summed E-state index contributed by atoms with van der Waals surface area (Å²) in [5.41, 5.74) is 1.28. The van der Waals surface area contributed by atoms with Gasteiger partial charge in [-0.2, -0.15) is 0 Å². The third-order valence-corrected chi connectivity index (χ3v) is 4.37. The number of carbonyl (C=O) groups excluding carboxylic acids is 2. The van der Waals surface area contributed by atoms with E-state index >= 15 is 0 Å². The van der Waals surface area contributed by atoms with E-state index in [1.165, 1.54) is 0 Å². The predicted octanol–water partition coefficient (Wildman–Crippen LogP) is 1.22. The summed E-state index contributed by atoms with van der Waals surface area (Å²) >= 11 is 0. The number of aliphatic carboxylic acids is 1. The summed E-state index contributed by atoms with van der Waals surface area (Å²) in [4.78, 5) is 39.8. The molecule has 2 amide bonds. The second-order valence-electron chi connectivity index (χ2n) is 5.95. The van der Waals surface area contributed by atoms with Crippen molar-refractivity contribution < 1.29 is 19.5 Å². The number of aromatic amines is 1. The minimum atomic E-state index is -0.811. The fraction of sp³-hybridized carbons (Fsp3) is 0.353. The molecule has 3 rings (SSSR count). The van der Waals surface area contributed by atoms with Crippen molar-refractivity contribution in [2.75, 3.05) is 19.6 Å². The summed E-state index contributed by atoms with van der Waals surface area (Å²) in [5.74, 6) is -1.72. The molecule has 1 aliphatic rings. The van der Waals surface area contributed by atoms with Gasteiger partial charge in [-0.25, -0.2) is 0 Å². The van der Waals surface area contributed by atoms with Crippen LogP contribution in [0.5, 0.6) is 0 Å². The number of hydrogen-bond donors (Lipinski definition) is 3. The Hall–Kier alpha value is -2.83. The van der Waals surface area contributed by atoms with Gasteiger partial charge in [-0.3, -0.25) is 14.4 Å². The Morgan fingerprint density at radius 2 is 1.92 bits per heavy atom. The molecule has 1 aromatic carbocycles. The molecule has 3 N–H and O–H groups in total. The molecule has 126 valence electrons. The van der Waals surface area contributed by atoms with Crippen LogP contribution in [-0.4, -0.2) is 52.4 Å². The first-order valence-corrected chi connectivity index (χ1v) is 7.91. The van der Waals surface area contributed by atoms with Crippen LogP contribution < -0.4 is 5.32 Å². The van der Waals surface area contributed by atoms with E-state index in [2.05, 4.69) is 10.3 Å². The molecule has 0 unspecified atom stereocenters. The van der Waals surface area contributed by atoms with E-state index in [0.29, 0.717) is 31.6 Å². The van der Waals surface area contributed by atoms with Crippen LogP contribution in [0.3, 0.4) is 0 Å². The van der Waals surface area contributed by atoms with Crippen LogP contribution >= 0.6 is 0 Å². The number of benzene rings is 1. The largest absolute Gasteiger partial charge is 0.481 e. The number of aromatic nitrogens is 1. The van der Waals surface area contributed by atoms with Gasteiger partial charge in [0.2, 0.25) is 5.91 Å². The van der Waals surface area contributed by atoms with Crippen LogP contribution in [0.15, 0.2) is 30.3 Å². The summed E-state index contributed by atoms with van der Waals surface area (Å²) in [5, 5.41) is 12.5. The molecule has 0 aliphatic carbocycles. The maximum atomic E-state index is 12.2. The van der Waals surface area contributed by atoms with Gasteiger partial charge in [0, 0.05) is 24.0 Å². The van der Waals surface area contributed by atoms with Crippen molar-refractivity contribution in [2.24, 2.45) is 5.92 Å². The predicted molar refractivity (Wildman–Crippen MR) is 87.6 cm³/mol. The lowest BCUT2D eigenvalue weighted by Crippen LogP contribution is -2.45. The maximum absolute atomic E-state index is 12.2. The van der Waals surface area contributed by atoms with Crippen molar-refractivity contribution >= 4 is 28.7 Å². The number of likely N-dealkylation sites (tertiary alicyclic amines) is 1. The molecular weight excluding hydrogens is 310 g/mol. The van der Waals surface area contributed by atoms with Gasteiger partial charge in [0.05, 0.1) is 12.5 Å². The molecule has 0 bridgehead atoms. The smallest absolute Gasteiger partial charge is 0.306 e. The van der Waals surface area contributed by atoms with Crippen molar-refractivity contribution in [3.05, 3.63) is 36.0 Å². The van der Waals surface area contributed by atoms with E-state index in [-0.39, 0.29) is 24.3 Å². The Morgan fingerprint density at radius 1 is 1.21 bits per heavy atom. The van der Waals surface area contributed by atoms with Crippen LogP contribution in [-0.2, 0) is 9.59 Å². The Kier molecular flexibility index (Phi) is 4.50. The number of nitrogens with one attached hydrogen (secondary N) is 2. The van der Waals surface area contributed by atoms with Crippen molar-refractivity contribution in [3.63, 3.8) is 0 Å². The molecule has 7 nitrogen and oxygen atoms in total. The number of amides is 2. The lowest BCUT2D eigenvalue weighted by Gasteiger charge is -2.30. The van der Waals surface area contributed by atoms with Crippen molar-refractivity contribution in [2.45, 2.75) is 12.8 Å². The normalized spacial score (nSPS) is 15.4. The van der Waals surface area contributed by atoms with Gasteiger partial charge in [0.25, 0.3) is 5.91 Å². The molecule has 7 heteroatoms. The second kappa shape index (κ2) is 6.74. The number of nitrogens with zero attached hydrogens (tertiary/aromatic N) is 1. The molecule has 1 aromatic heterocycles. The molecule has 2 heterocycles. The second-order valence-corrected chi connectivity index (χ2v) is 5.95. The first kappa shape index (κ1) is 16.0. The Balaban J connectivity index is 1.52. The summed E-state index contributed by atoms with van der Waals surface area (Å²) in [6.45, 7) is 0.738. The number of carboxylic acids is 1. The number of para-hydroxylation sites is 1. The van der Waals surface area contributed by atoms with Crippen molar-refractivity contribution in [1.82, 2.24) is 15.2 Å². The number of rotatable bonds is 4. The fourth-order valence-electron chi connectivity index (χ4n) is 2.93. The number of hydrogen-bond acceptors (Lipinski definition) is 3. The zero-order chi connectivity index (χ0) is 17.1. The van der Waals surface area contributed by atoms with Crippen LogP contribution in [0, 0.1) is 5.92 Å². The molecule has 1 fully saturated rings. The molecule has 0 saturated carbocycles. The van der Waals surface area contributed by atoms with Crippen LogP contribution in [0.25, 0.3) is 10.9 Å². The van der Waals surface area contributed by atoms with Gasteiger partial charge in [-0.15, -0.1) is 0 Å². The zero-order valence-electron chi connectivity index (χ0n) is 13.1. The highest BCUT2D eigenvalue weighted by atomic mass is 16.4. The number of fused-ring (bicyclic) bond motifs is 1. The third-order valence-electron chi connectivity index (χ3n) is 4.37. The summed E-state index contributed by atoms with van der Waals surface area (Å²) in [7, 11) is 0. The first-order chi connectivity index (χ1) is 11.5. The standard InChI is InChI=1S/C17H19N3O4/c21-15(20-7-5-11(6-8-20)17(23)24)10-18-16(22)14-9-12-3-1-2-4-13(12)19-14/h1-4,9,11,19H,5-8,10H2,(H,18,22)(H,23,24). The molecule has 0 spiro atoms. The highest BCUT2D eigenvalue weighted by Crippen LogP contribution is 2.17. The number of carbonyl (C=O) groups is 3. The number of carboxylic acid groups (broad SMARTS) is 1. The Labute approximate surface area is 138 Å². The number of H-pyrrole nitrogens is 1. The number of piperidine rings is 1. The van der Waals surface area contributed by atoms with E-state index in [1.807, 2.05) is 24.3 Å². The summed E-state index contributed by atoms with van der Waals surface area (Å²) in [6.07, 6.45) is 0.911. The third kappa shape index (κ3) is 3.40. The summed E-state index contributed by atoms with van der Waals surface area (Å²) < 4.78 is 0. The van der Waals surface area contributed by atoms with Crippen molar-refractivity contribution in [3.8, 4) is 0 Å². The van der Waals surface area contributed by atoms with Crippen LogP contribution in [0.1, 0.15) is 23.3 Å². The van der Waals surface area contributed by atoms with Gasteiger partial charge >= 0.3 is 5.97 Å².